The molecule has 5 aromatic rings. The normalized spacial score (nSPS) is 12.8. The number of thiophene rings is 1. The number of hydrogen-bond donors (Lipinski definition) is 3. The number of hydrogen-bond acceptors (Lipinski definition) is 4. The third kappa shape index (κ3) is 5.76. The Kier molecular flexibility index (Phi) is 7.06. The van der Waals surface area contributed by atoms with Crippen molar-refractivity contribution in [3.63, 3.8) is 0 Å². The van der Waals surface area contributed by atoms with Crippen molar-refractivity contribution in [3.8, 4) is 21.8 Å². The number of nitrogens with one attached hydrogen (secondary N) is 3. The third-order valence-electron chi connectivity index (χ3n) is 6.28. The minimum absolute atomic E-state index is 0.0294. The smallest absolute Gasteiger partial charge is 0.224 e. The zero-order valence-electron chi connectivity index (χ0n) is 22.4. The second kappa shape index (κ2) is 10.5. The fourth-order valence-electron chi connectivity index (χ4n) is 4.66. The van der Waals surface area contributed by atoms with Gasteiger partial charge in [0.2, 0.25) is 5.91 Å². The van der Waals surface area contributed by atoms with Crippen molar-refractivity contribution in [1.82, 2.24) is 20.5 Å². The first kappa shape index (κ1) is 26.3. The van der Waals surface area contributed by atoms with Gasteiger partial charge in [-0.3, -0.25) is 14.9 Å². The van der Waals surface area contributed by atoms with E-state index < -0.39 is 0 Å². The molecule has 0 saturated heterocycles. The maximum atomic E-state index is 13.7. The topological polar surface area (TPSA) is 85.9 Å². The first-order chi connectivity index (χ1) is 18.6. The quantitative estimate of drug-likeness (QED) is 0.144. The van der Waals surface area contributed by atoms with E-state index in [0.29, 0.717) is 6.42 Å². The lowest BCUT2D eigenvalue weighted by molar-refractivity contribution is -0.122. The number of allylic oxidation sites excluding steroid dienone is 3. The molecule has 8 heteroatoms. The monoisotopic (exact) mass is 539 g/mol. The van der Waals surface area contributed by atoms with Gasteiger partial charge < -0.3 is 10.3 Å². The number of rotatable bonds is 7. The summed E-state index contributed by atoms with van der Waals surface area (Å²) in [7, 11) is 0. The third-order valence-corrected chi connectivity index (χ3v) is 7.19. The zero-order chi connectivity index (χ0) is 27.7. The standard InChI is InChI=1S/C31H30FN5OS/c1-18(34-29(38)16-31(2,3)4)13-20(17-33-5)19-9-10-25-23(14-19)30(37-36-25)26-15-22-21(7-6-8-24(22)35-26)27-11-12-28(32)39-27/h6-15,17,35H,5,16H2,1-4H3,(H,34,38)(H,36,37)/b18-13+,20-17+. The van der Waals surface area contributed by atoms with E-state index >= 15 is 0 Å². The van der Waals surface area contributed by atoms with Crippen molar-refractivity contribution in [1.29, 1.82) is 0 Å². The van der Waals surface area contributed by atoms with E-state index in [-0.39, 0.29) is 16.5 Å². The van der Waals surface area contributed by atoms with Gasteiger partial charge in [0.25, 0.3) is 0 Å². The number of H-pyrrole nitrogens is 2. The highest BCUT2D eigenvalue weighted by molar-refractivity contribution is 7.14. The summed E-state index contributed by atoms with van der Waals surface area (Å²) in [5.74, 6) is -0.0294. The number of benzene rings is 2. The molecule has 3 heterocycles. The van der Waals surface area contributed by atoms with E-state index in [2.05, 4.69) is 38.3 Å². The first-order valence-electron chi connectivity index (χ1n) is 12.6. The van der Waals surface area contributed by atoms with Gasteiger partial charge in [0.15, 0.2) is 5.13 Å². The molecule has 0 aliphatic rings. The van der Waals surface area contributed by atoms with E-state index in [4.69, 9.17) is 0 Å². The summed E-state index contributed by atoms with van der Waals surface area (Å²) in [6.07, 6.45) is 4.00. The number of fused-ring (bicyclic) bond motifs is 2. The van der Waals surface area contributed by atoms with Gasteiger partial charge in [0, 0.05) is 50.6 Å². The van der Waals surface area contributed by atoms with Crippen LogP contribution in [-0.4, -0.2) is 27.8 Å². The molecule has 0 saturated carbocycles. The maximum absolute atomic E-state index is 13.7. The van der Waals surface area contributed by atoms with Crippen molar-refractivity contribution in [2.45, 2.75) is 34.1 Å². The van der Waals surface area contributed by atoms with Crippen LogP contribution in [0.4, 0.5) is 4.39 Å². The second-order valence-electron chi connectivity index (χ2n) is 10.8. The van der Waals surface area contributed by atoms with Gasteiger partial charge in [-0.25, -0.2) is 0 Å². The van der Waals surface area contributed by atoms with Crippen LogP contribution in [0.5, 0.6) is 0 Å². The molecular weight excluding hydrogens is 509 g/mol. The largest absolute Gasteiger partial charge is 0.353 e. The van der Waals surface area contributed by atoms with Crippen LogP contribution in [0.2, 0.25) is 0 Å². The Morgan fingerprint density at radius 1 is 1.13 bits per heavy atom. The summed E-state index contributed by atoms with van der Waals surface area (Å²) >= 11 is 1.13. The van der Waals surface area contributed by atoms with E-state index in [1.165, 1.54) is 6.07 Å². The number of amides is 1. The SMILES string of the molecule is C=N/C=C(\C=C(/C)NC(=O)CC(C)(C)C)c1ccc2[nH]nc(-c3cc4c(-c5ccc(F)s5)cccc4[nH]3)c2c1. The summed E-state index contributed by atoms with van der Waals surface area (Å²) in [6, 6.07) is 17.3. The lowest BCUT2D eigenvalue weighted by Crippen LogP contribution is -2.26. The highest BCUT2D eigenvalue weighted by Crippen LogP contribution is 2.37. The number of aromatic amines is 2. The highest BCUT2D eigenvalue weighted by atomic mass is 32.1. The van der Waals surface area contributed by atoms with Gasteiger partial charge in [0.1, 0.15) is 5.69 Å². The molecule has 0 atom stereocenters. The minimum atomic E-state index is -0.209. The van der Waals surface area contributed by atoms with Crippen LogP contribution < -0.4 is 5.32 Å². The predicted molar refractivity (Wildman–Crippen MR) is 160 cm³/mol. The van der Waals surface area contributed by atoms with Crippen molar-refractivity contribution in [3.05, 3.63) is 83.3 Å². The van der Waals surface area contributed by atoms with Crippen LogP contribution in [0, 0.1) is 10.5 Å². The van der Waals surface area contributed by atoms with E-state index in [0.717, 1.165) is 71.8 Å². The average molecular weight is 540 g/mol. The van der Waals surface area contributed by atoms with Crippen LogP contribution in [0.1, 0.15) is 39.7 Å². The molecule has 0 aliphatic heterocycles. The molecule has 3 N–H and O–H groups in total. The fourth-order valence-corrected chi connectivity index (χ4v) is 5.43. The van der Waals surface area contributed by atoms with Crippen LogP contribution in [0.25, 0.3) is 49.2 Å². The van der Waals surface area contributed by atoms with E-state index in [1.807, 2.05) is 70.2 Å². The van der Waals surface area contributed by atoms with Gasteiger partial charge in [-0.15, -0.1) is 11.3 Å². The Balaban J connectivity index is 1.51. The number of carbonyl (C=O) groups is 1. The Labute approximate surface area is 230 Å². The van der Waals surface area contributed by atoms with E-state index in [9.17, 15) is 9.18 Å². The lowest BCUT2D eigenvalue weighted by atomic mass is 9.92. The number of carbonyl (C=O) groups excluding carboxylic acids is 1. The highest BCUT2D eigenvalue weighted by Gasteiger charge is 2.17. The zero-order valence-corrected chi connectivity index (χ0v) is 23.2. The molecule has 2 aromatic carbocycles. The number of aliphatic imine (C=N–C) groups is 1. The molecule has 39 heavy (non-hydrogen) atoms. The van der Waals surface area contributed by atoms with Crippen LogP contribution in [0.3, 0.4) is 0 Å². The molecule has 0 radical (unpaired) electrons. The summed E-state index contributed by atoms with van der Waals surface area (Å²) in [5, 5.41) is 12.4. The van der Waals surface area contributed by atoms with Crippen molar-refractivity contribution >= 4 is 51.3 Å². The minimum Gasteiger partial charge on any atom is -0.353 e. The van der Waals surface area contributed by atoms with Crippen molar-refractivity contribution in [2.75, 3.05) is 0 Å². The first-order valence-corrected chi connectivity index (χ1v) is 13.4. The Hall–Kier alpha value is -4.30. The van der Waals surface area contributed by atoms with Crippen LogP contribution in [-0.2, 0) is 4.79 Å². The molecule has 5 rings (SSSR count). The molecule has 0 unspecified atom stereocenters. The Bertz CT molecular complexity index is 1760. The fraction of sp³-hybridized carbons (Fsp3) is 0.194. The van der Waals surface area contributed by atoms with Crippen molar-refractivity contribution in [2.24, 2.45) is 10.4 Å². The summed E-state index contributed by atoms with van der Waals surface area (Å²) in [5.41, 5.74) is 6.78. The predicted octanol–water partition coefficient (Wildman–Crippen LogP) is 8.08. The molecule has 1 amide bonds. The van der Waals surface area contributed by atoms with Crippen LogP contribution in [0.15, 0.2) is 77.6 Å². The van der Waals surface area contributed by atoms with Gasteiger partial charge in [-0.1, -0.05) is 39.0 Å². The molecule has 0 bridgehead atoms. The summed E-state index contributed by atoms with van der Waals surface area (Å²) in [6.45, 7) is 11.6. The summed E-state index contributed by atoms with van der Waals surface area (Å²) in [4.78, 5) is 20.8. The number of nitrogens with zero attached hydrogens (tertiary/aromatic N) is 2. The van der Waals surface area contributed by atoms with Gasteiger partial charge in [0.05, 0.1) is 11.2 Å². The average Bonchev–Trinajstić information content (AvgIpc) is 3.59. The molecule has 6 nitrogen and oxygen atoms in total. The van der Waals surface area contributed by atoms with Gasteiger partial charge >= 0.3 is 0 Å². The molecular formula is C31H30FN5OS. The Morgan fingerprint density at radius 2 is 1.95 bits per heavy atom. The number of halogens is 1. The van der Waals surface area contributed by atoms with Crippen molar-refractivity contribution < 1.29 is 9.18 Å². The van der Waals surface area contributed by atoms with Gasteiger partial charge in [-0.05, 0) is 67.1 Å². The van der Waals surface area contributed by atoms with E-state index in [1.54, 1.807) is 12.3 Å². The molecule has 198 valence electrons. The van der Waals surface area contributed by atoms with Crippen LogP contribution >= 0.6 is 11.3 Å². The molecule has 0 spiro atoms. The maximum Gasteiger partial charge on any atom is 0.224 e. The van der Waals surface area contributed by atoms with Gasteiger partial charge in [-0.2, -0.15) is 9.49 Å². The lowest BCUT2D eigenvalue weighted by Gasteiger charge is -2.17. The molecule has 0 aliphatic carbocycles. The molecule has 0 fully saturated rings. The Morgan fingerprint density at radius 3 is 2.67 bits per heavy atom. The second-order valence-corrected chi connectivity index (χ2v) is 11.8. The summed E-state index contributed by atoms with van der Waals surface area (Å²) < 4.78 is 13.7. The molecule has 3 aromatic heterocycles. The number of aromatic nitrogens is 3.